The number of terminal acetylenes is 1. The highest BCUT2D eigenvalue weighted by molar-refractivity contribution is 5.92. The normalized spacial score (nSPS) is 13.7. The number of nitrogens with zero attached hydrogens (tertiary/aromatic N) is 2. The molecule has 128 valence electrons. The molecule has 0 saturated heterocycles. The second kappa shape index (κ2) is 7.82. The first-order valence-electron chi connectivity index (χ1n) is 8.37. The molecule has 0 spiro atoms. The van der Waals surface area contributed by atoms with Crippen molar-refractivity contribution in [3.05, 3.63) is 53.2 Å². The third-order valence-corrected chi connectivity index (χ3v) is 4.31. The number of hydrogen-bond acceptors (Lipinski definition) is 4. The standard InChI is InChI=1S/C20H21N3O2/c1-2-3-4-10-23-11-9-15-12-18(7-5-17(15)14-23)25-19-8-6-16(13-22-19)20(21)24/h1,5-8,12-13H,3-4,9-11,14H2,(H2,21,24). The van der Waals surface area contributed by atoms with E-state index in [0.717, 1.165) is 44.6 Å². The van der Waals surface area contributed by atoms with Crippen LogP contribution in [0.3, 0.4) is 0 Å². The molecule has 5 heteroatoms. The largest absolute Gasteiger partial charge is 0.439 e. The highest BCUT2D eigenvalue weighted by Crippen LogP contribution is 2.26. The number of primary amides is 1. The molecule has 0 radical (unpaired) electrons. The molecule has 1 aromatic carbocycles. The summed E-state index contributed by atoms with van der Waals surface area (Å²) in [5.41, 5.74) is 8.21. The van der Waals surface area contributed by atoms with Crippen LogP contribution < -0.4 is 10.5 Å². The van der Waals surface area contributed by atoms with E-state index in [1.165, 1.54) is 17.3 Å². The zero-order valence-electron chi connectivity index (χ0n) is 14.1. The summed E-state index contributed by atoms with van der Waals surface area (Å²) in [7, 11) is 0. The van der Waals surface area contributed by atoms with Gasteiger partial charge in [-0.05, 0) is 48.7 Å². The molecule has 3 rings (SSSR count). The van der Waals surface area contributed by atoms with Crippen molar-refractivity contribution in [3.63, 3.8) is 0 Å². The van der Waals surface area contributed by atoms with E-state index in [9.17, 15) is 4.79 Å². The third kappa shape index (κ3) is 4.37. The van der Waals surface area contributed by atoms with Gasteiger partial charge in [-0.15, -0.1) is 12.3 Å². The molecule has 1 aliphatic heterocycles. The molecule has 2 heterocycles. The van der Waals surface area contributed by atoms with Crippen LogP contribution in [0.25, 0.3) is 0 Å². The Morgan fingerprint density at radius 2 is 2.20 bits per heavy atom. The van der Waals surface area contributed by atoms with Gasteiger partial charge in [0, 0.05) is 31.8 Å². The Morgan fingerprint density at radius 1 is 1.32 bits per heavy atom. The number of fused-ring (bicyclic) bond motifs is 1. The maximum atomic E-state index is 11.1. The monoisotopic (exact) mass is 335 g/mol. The second-order valence-electron chi connectivity index (χ2n) is 6.12. The minimum Gasteiger partial charge on any atom is -0.439 e. The number of aromatic nitrogens is 1. The lowest BCUT2D eigenvalue weighted by molar-refractivity contribution is 0.1000. The molecular weight excluding hydrogens is 314 g/mol. The number of nitrogens with two attached hydrogens (primary N) is 1. The molecule has 0 atom stereocenters. The highest BCUT2D eigenvalue weighted by atomic mass is 16.5. The van der Waals surface area contributed by atoms with E-state index >= 15 is 0 Å². The van der Waals surface area contributed by atoms with Gasteiger partial charge in [0.05, 0.1) is 5.56 Å². The van der Waals surface area contributed by atoms with E-state index in [1.807, 2.05) is 6.07 Å². The van der Waals surface area contributed by atoms with Gasteiger partial charge in [0.15, 0.2) is 0 Å². The zero-order chi connectivity index (χ0) is 17.6. The summed E-state index contributed by atoms with van der Waals surface area (Å²) in [4.78, 5) is 17.6. The molecule has 0 bridgehead atoms. The molecular formula is C20H21N3O2. The summed E-state index contributed by atoms with van der Waals surface area (Å²) >= 11 is 0. The fraction of sp³-hybridized carbons (Fsp3) is 0.300. The molecule has 1 aromatic heterocycles. The van der Waals surface area contributed by atoms with Gasteiger partial charge in [-0.25, -0.2) is 4.98 Å². The summed E-state index contributed by atoms with van der Waals surface area (Å²) in [6, 6.07) is 9.38. The third-order valence-electron chi connectivity index (χ3n) is 4.31. The Labute approximate surface area is 147 Å². The Bertz CT molecular complexity index is 794. The van der Waals surface area contributed by atoms with Gasteiger partial charge in [-0.3, -0.25) is 9.69 Å². The van der Waals surface area contributed by atoms with Crippen molar-refractivity contribution in [2.45, 2.75) is 25.8 Å². The smallest absolute Gasteiger partial charge is 0.250 e. The van der Waals surface area contributed by atoms with Crippen molar-refractivity contribution < 1.29 is 9.53 Å². The van der Waals surface area contributed by atoms with Gasteiger partial charge in [0.2, 0.25) is 11.8 Å². The second-order valence-corrected chi connectivity index (χ2v) is 6.12. The van der Waals surface area contributed by atoms with Crippen molar-refractivity contribution in [3.8, 4) is 24.0 Å². The first-order chi connectivity index (χ1) is 12.2. The molecule has 2 aromatic rings. The quantitative estimate of drug-likeness (QED) is 0.651. The van der Waals surface area contributed by atoms with Crippen LogP contribution in [-0.2, 0) is 13.0 Å². The minimum atomic E-state index is -0.500. The average Bonchev–Trinajstić information content (AvgIpc) is 2.62. The van der Waals surface area contributed by atoms with Crippen LogP contribution in [0.4, 0.5) is 0 Å². The SMILES string of the molecule is C#CCCCN1CCc2cc(Oc3ccc(C(N)=O)cn3)ccc2C1. The van der Waals surface area contributed by atoms with E-state index in [-0.39, 0.29) is 0 Å². The Kier molecular flexibility index (Phi) is 5.32. The maximum Gasteiger partial charge on any atom is 0.250 e. The van der Waals surface area contributed by atoms with Crippen LogP contribution in [0, 0.1) is 12.3 Å². The molecule has 25 heavy (non-hydrogen) atoms. The molecule has 1 aliphatic rings. The summed E-state index contributed by atoms with van der Waals surface area (Å²) in [5, 5.41) is 0. The first kappa shape index (κ1) is 17.0. The lowest BCUT2D eigenvalue weighted by atomic mass is 9.99. The van der Waals surface area contributed by atoms with Crippen molar-refractivity contribution in [1.82, 2.24) is 9.88 Å². The summed E-state index contributed by atoms with van der Waals surface area (Å²) in [6.07, 6.45) is 9.60. The number of pyridine rings is 1. The number of carbonyl (C=O) groups is 1. The zero-order valence-corrected chi connectivity index (χ0v) is 14.1. The summed E-state index contributed by atoms with van der Waals surface area (Å²) in [6.45, 7) is 3.02. The summed E-state index contributed by atoms with van der Waals surface area (Å²) < 4.78 is 5.79. The van der Waals surface area contributed by atoms with Crippen LogP contribution in [-0.4, -0.2) is 28.9 Å². The van der Waals surface area contributed by atoms with Crippen molar-refractivity contribution >= 4 is 5.91 Å². The lowest BCUT2D eigenvalue weighted by Crippen LogP contribution is -2.31. The van der Waals surface area contributed by atoms with Crippen molar-refractivity contribution in [2.75, 3.05) is 13.1 Å². The molecule has 0 aliphatic carbocycles. The number of hydrogen-bond donors (Lipinski definition) is 1. The van der Waals surface area contributed by atoms with Gasteiger partial charge < -0.3 is 10.5 Å². The molecule has 0 saturated carbocycles. The average molecular weight is 335 g/mol. The van der Waals surface area contributed by atoms with Crippen molar-refractivity contribution in [2.24, 2.45) is 5.73 Å². The van der Waals surface area contributed by atoms with Crippen LogP contribution >= 0.6 is 0 Å². The number of benzene rings is 1. The molecule has 2 N–H and O–H groups in total. The maximum absolute atomic E-state index is 11.1. The fourth-order valence-electron chi connectivity index (χ4n) is 2.95. The summed E-state index contributed by atoms with van der Waals surface area (Å²) in [5.74, 6) is 3.38. The van der Waals surface area contributed by atoms with Crippen LogP contribution in [0.15, 0.2) is 36.5 Å². The predicted octanol–water partition coefficient (Wildman–Crippen LogP) is 2.74. The molecule has 0 fully saturated rings. The fourth-order valence-corrected chi connectivity index (χ4v) is 2.95. The Balaban J connectivity index is 1.64. The van der Waals surface area contributed by atoms with Crippen LogP contribution in [0.2, 0.25) is 0 Å². The lowest BCUT2D eigenvalue weighted by Gasteiger charge is -2.28. The highest BCUT2D eigenvalue weighted by Gasteiger charge is 2.16. The number of carbonyl (C=O) groups excluding carboxylic acids is 1. The van der Waals surface area contributed by atoms with E-state index in [1.54, 1.807) is 12.1 Å². The number of rotatable bonds is 6. The van der Waals surface area contributed by atoms with E-state index in [0.29, 0.717) is 11.4 Å². The van der Waals surface area contributed by atoms with E-state index < -0.39 is 5.91 Å². The molecule has 1 amide bonds. The topological polar surface area (TPSA) is 68.5 Å². The van der Waals surface area contributed by atoms with E-state index in [2.05, 4.69) is 27.9 Å². The Morgan fingerprint density at radius 3 is 2.92 bits per heavy atom. The van der Waals surface area contributed by atoms with Gasteiger partial charge >= 0.3 is 0 Å². The van der Waals surface area contributed by atoms with Gasteiger partial charge in [0.25, 0.3) is 0 Å². The van der Waals surface area contributed by atoms with E-state index in [4.69, 9.17) is 16.9 Å². The number of unbranched alkanes of at least 4 members (excludes halogenated alkanes) is 1. The number of amides is 1. The van der Waals surface area contributed by atoms with Gasteiger partial charge in [-0.2, -0.15) is 0 Å². The number of ether oxygens (including phenoxy) is 1. The Hall–Kier alpha value is -2.84. The van der Waals surface area contributed by atoms with Crippen molar-refractivity contribution in [1.29, 1.82) is 0 Å². The van der Waals surface area contributed by atoms with Crippen LogP contribution in [0.5, 0.6) is 11.6 Å². The van der Waals surface area contributed by atoms with Gasteiger partial charge in [-0.1, -0.05) is 6.07 Å². The minimum absolute atomic E-state index is 0.364. The molecule has 5 nitrogen and oxygen atoms in total. The van der Waals surface area contributed by atoms with Crippen LogP contribution in [0.1, 0.15) is 34.3 Å². The van der Waals surface area contributed by atoms with Gasteiger partial charge in [0.1, 0.15) is 5.75 Å². The molecule has 0 unspecified atom stereocenters. The first-order valence-corrected chi connectivity index (χ1v) is 8.37. The predicted molar refractivity (Wildman–Crippen MR) is 96.3 cm³/mol.